The van der Waals surface area contributed by atoms with Crippen LogP contribution in [0.25, 0.3) is 6.08 Å². The molecule has 0 saturated carbocycles. The van der Waals surface area contributed by atoms with Gasteiger partial charge in [-0.2, -0.15) is 0 Å². The first-order chi connectivity index (χ1) is 11.0. The predicted octanol–water partition coefficient (Wildman–Crippen LogP) is 3.76. The van der Waals surface area contributed by atoms with Gasteiger partial charge in [0, 0.05) is 16.9 Å². The number of hydrogen-bond donors (Lipinski definition) is 3. The summed E-state index contributed by atoms with van der Waals surface area (Å²) in [4.78, 5) is 22.3. The molecule has 0 spiro atoms. The fourth-order valence-electron chi connectivity index (χ4n) is 1.87. The van der Waals surface area contributed by atoms with Gasteiger partial charge in [-0.25, -0.2) is 4.79 Å². The van der Waals surface area contributed by atoms with Crippen LogP contribution in [0.4, 0.5) is 10.5 Å². The van der Waals surface area contributed by atoms with Crippen molar-refractivity contribution in [1.29, 1.82) is 0 Å². The topological polar surface area (TPSA) is 78.4 Å². The molecule has 0 heterocycles. The van der Waals surface area contributed by atoms with Crippen LogP contribution in [0.15, 0.2) is 54.7 Å². The second kappa shape index (κ2) is 8.00. The maximum Gasteiger partial charge on any atom is 0.323 e. The molecule has 23 heavy (non-hydrogen) atoms. The monoisotopic (exact) mass is 330 g/mol. The van der Waals surface area contributed by atoms with Gasteiger partial charge in [0.1, 0.15) is 0 Å². The number of aliphatic carboxylic acids is 1. The molecule has 0 aliphatic rings. The number of halogens is 1. The van der Waals surface area contributed by atoms with E-state index in [9.17, 15) is 9.59 Å². The lowest BCUT2D eigenvalue weighted by Crippen LogP contribution is -2.23. The van der Waals surface area contributed by atoms with Gasteiger partial charge < -0.3 is 15.7 Å². The number of carbonyl (C=O) groups is 2. The number of carboxylic acids is 1. The molecule has 0 radical (unpaired) electrons. The average molecular weight is 331 g/mol. The quantitative estimate of drug-likeness (QED) is 0.781. The Kier molecular flexibility index (Phi) is 5.77. The SMILES string of the molecule is O=C(O)Cc1ccc(NC(=O)N/C=C/c2ccccc2Cl)cc1. The third-order valence-electron chi connectivity index (χ3n) is 2.95. The third kappa shape index (κ3) is 5.48. The number of benzene rings is 2. The summed E-state index contributed by atoms with van der Waals surface area (Å²) in [6, 6.07) is 13.5. The Labute approximate surface area is 138 Å². The molecule has 118 valence electrons. The van der Waals surface area contributed by atoms with E-state index >= 15 is 0 Å². The van der Waals surface area contributed by atoms with Gasteiger partial charge in [0.2, 0.25) is 0 Å². The Bertz CT molecular complexity index is 727. The first-order valence-electron chi connectivity index (χ1n) is 6.84. The highest BCUT2D eigenvalue weighted by Gasteiger charge is 2.02. The fourth-order valence-corrected chi connectivity index (χ4v) is 2.06. The molecule has 2 rings (SSSR count). The van der Waals surface area contributed by atoms with E-state index in [2.05, 4.69) is 10.6 Å². The van der Waals surface area contributed by atoms with E-state index in [1.807, 2.05) is 18.2 Å². The lowest BCUT2D eigenvalue weighted by molar-refractivity contribution is -0.136. The molecule has 2 aromatic carbocycles. The van der Waals surface area contributed by atoms with Crippen LogP contribution in [-0.4, -0.2) is 17.1 Å². The molecule has 2 aromatic rings. The maximum absolute atomic E-state index is 11.7. The molecule has 0 fully saturated rings. The van der Waals surface area contributed by atoms with Gasteiger partial charge in [0.25, 0.3) is 0 Å². The van der Waals surface area contributed by atoms with Crippen LogP contribution in [0.5, 0.6) is 0 Å². The highest BCUT2D eigenvalue weighted by atomic mass is 35.5. The summed E-state index contributed by atoms with van der Waals surface area (Å²) < 4.78 is 0. The van der Waals surface area contributed by atoms with E-state index < -0.39 is 12.0 Å². The molecule has 0 aliphatic carbocycles. The molecule has 3 N–H and O–H groups in total. The van der Waals surface area contributed by atoms with Gasteiger partial charge in [-0.15, -0.1) is 0 Å². The second-order valence-electron chi connectivity index (χ2n) is 4.72. The van der Waals surface area contributed by atoms with Crippen molar-refractivity contribution in [3.8, 4) is 0 Å². The van der Waals surface area contributed by atoms with E-state index in [-0.39, 0.29) is 6.42 Å². The van der Waals surface area contributed by atoms with Crippen molar-refractivity contribution in [3.05, 3.63) is 70.9 Å². The molecule has 0 atom stereocenters. The molecule has 0 aliphatic heterocycles. The normalized spacial score (nSPS) is 10.5. The van der Waals surface area contributed by atoms with Gasteiger partial charge in [-0.05, 0) is 35.4 Å². The minimum absolute atomic E-state index is 0.0486. The summed E-state index contributed by atoms with van der Waals surface area (Å²) in [6.07, 6.45) is 3.14. The predicted molar refractivity (Wildman–Crippen MR) is 90.4 cm³/mol. The summed E-state index contributed by atoms with van der Waals surface area (Å²) in [5.74, 6) is -0.895. The van der Waals surface area contributed by atoms with E-state index in [4.69, 9.17) is 16.7 Å². The molecule has 6 heteroatoms. The highest BCUT2D eigenvalue weighted by molar-refractivity contribution is 6.32. The van der Waals surface area contributed by atoms with Crippen molar-refractivity contribution in [2.45, 2.75) is 6.42 Å². The summed E-state index contributed by atoms with van der Waals surface area (Å²) in [5.41, 5.74) is 2.04. The van der Waals surface area contributed by atoms with Gasteiger partial charge >= 0.3 is 12.0 Å². The summed E-state index contributed by atoms with van der Waals surface area (Å²) in [7, 11) is 0. The largest absolute Gasteiger partial charge is 0.481 e. The van der Waals surface area contributed by atoms with Crippen LogP contribution >= 0.6 is 11.6 Å². The van der Waals surface area contributed by atoms with Crippen LogP contribution in [0.1, 0.15) is 11.1 Å². The number of urea groups is 1. The number of carbonyl (C=O) groups excluding carboxylic acids is 1. The zero-order valence-corrected chi connectivity index (χ0v) is 12.9. The Morgan fingerprint density at radius 1 is 1.09 bits per heavy atom. The second-order valence-corrected chi connectivity index (χ2v) is 5.13. The number of carboxylic acid groups (broad SMARTS) is 1. The van der Waals surface area contributed by atoms with Crippen molar-refractivity contribution in [2.75, 3.05) is 5.32 Å². The summed E-state index contributed by atoms with van der Waals surface area (Å²) in [6.45, 7) is 0. The maximum atomic E-state index is 11.7. The van der Waals surface area contributed by atoms with E-state index in [1.165, 1.54) is 6.20 Å². The Morgan fingerprint density at radius 3 is 2.43 bits per heavy atom. The van der Waals surface area contributed by atoms with E-state index in [0.29, 0.717) is 16.3 Å². The summed E-state index contributed by atoms with van der Waals surface area (Å²) in [5, 5.41) is 14.5. The summed E-state index contributed by atoms with van der Waals surface area (Å²) >= 11 is 6.00. The Morgan fingerprint density at radius 2 is 1.78 bits per heavy atom. The lowest BCUT2D eigenvalue weighted by atomic mass is 10.1. The first-order valence-corrected chi connectivity index (χ1v) is 7.22. The van der Waals surface area contributed by atoms with Gasteiger partial charge in [-0.3, -0.25) is 4.79 Å². The number of nitrogens with one attached hydrogen (secondary N) is 2. The fraction of sp³-hybridized carbons (Fsp3) is 0.0588. The van der Waals surface area contributed by atoms with Crippen molar-refractivity contribution < 1.29 is 14.7 Å². The van der Waals surface area contributed by atoms with Crippen LogP contribution in [-0.2, 0) is 11.2 Å². The van der Waals surface area contributed by atoms with Crippen molar-refractivity contribution in [3.63, 3.8) is 0 Å². The average Bonchev–Trinajstić information content (AvgIpc) is 2.51. The zero-order chi connectivity index (χ0) is 16.7. The van der Waals surface area contributed by atoms with E-state index in [0.717, 1.165) is 5.56 Å². The van der Waals surface area contributed by atoms with Crippen LogP contribution in [0.2, 0.25) is 5.02 Å². The minimum atomic E-state index is -0.895. The van der Waals surface area contributed by atoms with Crippen molar-refractivity contribution in [1.82, 2.24) is 5.32 Å². The van der Waals surface area contributed by atoms with Crippen LogP contribution in [0.3, 0.4) is 0 Å². The van der Waals surface area contributed by atoms with Gasteiger partial charge in [-0.1, -0.05) is 41.9 Å². The molecule has 5 nitrogen and oxygen atoms in total. The van der Waals surface area contributed by atoms with Crippen molar-refractivity contribution in [2.24, 2.45) is 0 Å². The van der Waals surface area contributed by atoms with Crippen molar-refractivity contribution >= 4 is 35.4 Å². The first kappa shape index (κ1) is 16.6. The number of rotatable bonds is 5. The lowest BCUT2D eigenvalue weighted by Gasteiger charge is -2.05. The van der Waals surface area contributed by atoms with Crippen LogP contribution < -0.4 is 10.6 Å². The van der Waals surface area contributed by atoms with E-state index in [1.54, 1.807) is 36.4 Å². The molecule has 2 amide bonds. The number of amides is 2. The molecule has 0 aromatic heterocycles. The number of anilines is 1. The molecular formula is C17H15ClN2O3. The highest BCUT2D eigenvalue weighted by Crippen LogP contribution is 2.15. The van der Waals surface area contributed by atoms with Gasteiger partial charge in [0.05, 0.1) is 6.42 Å². The smallest absolute Gasteiger partial charge is 0.323 e. The molecule has 0 saturated heterocycles. The Balaban J connectivity index is 1.87. The molecular weight excluding hydrogens is 316 g/mol. The molecule has 0 bridgehead atoms. The zero-order valence-electron chi connectivity index (χ0n) is 12.1. The standard InChI is InChI=1S/C17H15ClN2O3/c18-15-4-2-1-3-13(15)9-10-19-17(23)20-14-7-5-12(6-8-14)11-16(21)22/h1-10H,11H2,(H,21,22)(H2,19,20,23)/b10-9+. The number of hydrogen-bond acceptors (Lipinski definition) is 2. The van der Waals surface area contributed by atoms with Crippen LogP contribution in [0, 0.1) is 0 Å². The third-order valence-corrected chi connectivity index (χ3v) is 3.29. The van der Waals surface area contributed by atoms with Gasteiger partial charge in [0.15, 0.2) is 0 Å². The Hall–Kier alpha value is -2.79. The molecule has 0 unspecified atom stereocenters. The minimum Gasteiger partial charge on any atom is -0.481 e.